The highest BCUT2D eigenvalue weighted by atomic mass is 15.0. The molecular weight excluding hydrogens is 232 g/mol. The molecule has 1 aliphatic heterocycles. The van der Waals surface area contributed by atoms with Gasteiger partial charge in [0.05, 0.1) is 0 Å². The van der Waals surface area contributed by atoms with Crippen molar-refractivity contribution in [1.29, 1.82) is 0 Å². The van der Waals surface area contributed by atoms with Gasteiger partial charge >= 0.3 is 0 Å². The molecule has 0 unspecified atom stereocenters. The fourth-order valence-corrected chi connectivity index (χ4v) is 3.37. The molecule has 0 atom stereocenters. The van der Waals surface area contributed by atoms with E-state index in [-0.39, 0.29) is 11.1 Å². The van der Waals surface area contributed by atoms with E-state index >= 15 is 0 Å². The highest BCUT2D eigenvalue weighted by Gasteiger charge is 2.38. The number of rotatable bonds is 1. The quantitative estimate of drug-likeness (QED) is 0.810. The normalized spacial score (nSPS) is 35.2. The van der Waals surface area contributed by atoms with Gasteiger partial charge in [-0.1, -0.05) is 36.4 Å². The van der Waals surface area contributed by atoms with Crippen molar-refractivity contribution in [2.24, 2.45) is 5.73 Å². The zero-order valence-electron chi connectivity index (χ0n) is 11.8. The summed E-state index contributed by atoms with van der Waals surface area (Å²) in [6.45, 7) is 3.27. The van der Waals surface area contributed by atoms with E-state index in [1.54, 1.807) is 0 Å². The van der Waals surface area contributed by atoms with Crippen LogP contribution in [0.1, 0.15) is 44.6 Å². The lowest BCUT2D eigenvalue weighted by Crippen LogP contribution is -2.54. The molecule has 2 aliphatic rings. The summed E-state index contributed by atoms with van der Waals surface area (Å²) in [6, 6.07) is 10.8. The van der Waals surface area contributed by atoms with Gasteiger partial charge in [0, 0.05) is 11.1 Å². The third-order valence-corrected chi connectivity index (χ3v) is 4.75. The molecule has 1 fully saturated rings. The Kier molecular flexibility index (Phi) is 3.23. The SMILES string of the molecule is CC1(N)CCC2(C=C(c3ccccc3)CCN2)CC1. The van der Waals surface area contributed by atoms with E-state index in [4.69, 9.17) is 5.73 Å². The van der Waals surface area contributed by atoms with Gasteiger partial charge in [0.25, 0.3) is 0 Å². The molecule has 1 aliphatic carbocycles. The highest BCUT2D eigenvalue weighted by molar-refractivity contribution is 5.68. The minimum absolute atomic E-state index is 0.0329. The molecule has 1 heterocycles. The number of nitrogens with one attached hydrogen (secondary N) is 1. The van der Waals surface area contributed by atoms with Gasteiger partial charge < -0.3 is 11.1 Å². The molecule has 1 spiro atoms. The molecule has 102 valence electrons. The Labute approximate surface area is 116 Å². The first-order valence-electron chi connectivity index (χ1n) is 7.40. The molecule has 3 rings (SSSR count). The summed E-state index contributed by atoms with van der Waals surface area (Å²) in [7, 11) is 0. The second-order valence-corrected chi connectivity index (χ2v) is 6.52. The van der Waals surface area contributed by atoms with E-state index in [1.165, 1.54) is 11.1 Å². The van der Waals surface area contributed by atoms with Crippen molar-refractivity contribution in [3.63, 3.8) is 0 Å². The topological polar surface area (TPSA) is 38.0 Å². The fourth-order valence-electron chi connectivity index (χ4n) is 3.37. The second-order valence-electron chi connectivity index (χ2n) is 6.52. The average molecular weight is 256 g/mol. The highest BCUT2D eigenvalue weighted by Crippen LogP contribution is 2.38. The summed E-state index contributed by atoms with van der Waals surface area (Å²) >= 11 is 0. The summed E-state index contributed by atoms with van der Waals surface area (Å²) in [6.07, 6.45) is 8.16. The molecule has 0 amide bonds. The van der Waals surface area contributed by atoms with Gasteiger partial charge in [-0.25, -0.2) is 0 Å². The van der Waals surface area contributed by atoms with Crippen molar-refractivity contribution >= 4 is 5.57 Å². The Bertz CT molecular complexity index is 463. The van der Waals surface area contributed by atoms with Gasteiger partial charge in [0.2, 0.25) is 0 Å². The van der Waals surface area contributed by atoms with Gasteiger partial charge in [0.1, 0.15) is 0 Å². The van der Waals surface area contributed by atoms with Crippen LogP contribution in [0.3, 0.4) is 0 Å². The Hall–Kier alpha value is -1.12. The maximum Gasteiger partial charge on any atom is 0.0371 e. The van der Waals surface area contributed by atoms with Gasteiger partial charge in [0.15, 0.2) is 0 Å². The largest absolute Gasteiger partial charge is 0.325 e. The third kappa shape index (κ3) is 2.75. The average Bonchev–Trinajstić information content (AvgIpc) is 2.44. The summed E-state index contributed by atoms with van der Waals surface area (Å²) < 4.78 is 0. The van der Waals surface area contributed by atoms with Crippen molar-refractivity contribution in [2.75, 3.05) is 6.54 Å². The van der Waals surface area contributed by atoms with E-state index in [0.717, 1.165) is 38.6 Å². The summed E-state index contributed by atoms with van der Waals surface area (Å²) in [4.78, 5) is 0. The van der Waals surface area contributed by atoms with Crippen LogP contribution in [0.4, 0.5) is 0 Å². The van der Waals surface area contributed by atoms with Crippen LogP contribution in [-0.4, -0.2) is 17.6 Å². The number of hydrogen-bond acceptors (Lipinski definition) is 2. The minimum atomic E-state index is 0.0329. The van der Waals surface area contributed by atoms with E-state index in [2.05, 4.69) is 48.6 Å². The number of nitrogens with two attached hydrogens (primary N) is 1. The first-order chi connectivity index (χ1) is 9.09. The molecule has 0 radical (unpaired) electrons. The molecule has 0 bridgehead atoms. The first-order valence-corrected chi connectivity index (χ1v) is 7.40. The van der Waals surface area contributed by atoms with E-state index in [9.17, 15) is 0 Å². The molecule has 0 aromatic heterocycles. The predicted molar refractivity (Wildman–Crippen MR) is 80.8 cm³/mol. The van der Waals surface area contributed by atoms with Crippen LogP contribution >= 0.6 is 0 Å². The van der Waals surface area contributed by atoms with Gasteiger partial charge in [-0.3, -0.25) is 0 Å². The van der Waals surface area contributed by atoms with Crippen LogP contribution in [0.2, 0.25) is 0 Å². The molecule has 3 N–H and O–H groups in total. The Balaban J connectivity index is 1.84. The van der Waals surface area contributed by atoms with Crippen LogP contribution in [0.5, 0.6) is 0 Å². The molecule has 19 heavy (non-hydrogen) atoms. The Morgan fingerprint density at radius 2 is 1.74 bits per heavy atom. The zero-order chi connectivity index (χ0) is 13.3. The minimum Gasteiger partial charge on any atom is -0.325 e. The van der Waals surface area contributed by atoms with Crippen molar-refractivity contribution < 1.29 is 0 Å². The Morgan fingerprint density at radius 1 is 1.05 bits per heavy atom. The summed E-state index contributed by atoms with van der Waals surface area (Å²) in [5.41, 5.74) is 9.37. The second kappa shape index (κ2) is 4.77. The maximum absolute atomic E-state index is 6.27. The van der Waals surface area contributed by atoms with Crippen molar-refractivity contribution in [2.45, 2.75) is 50.1 Å². The van der Waals surface area contributed by atoms with Gasteiger partial charge in [-0.15, -0.1) is 0 Å². The van der Waals surface area contributed by atoms with Crippen LogP contribution in [-0.2, 0) is 0 Å². The van der Waals surface area contributed by atoms with Crippen molar-refractivity contribution in [1.82, 2.24) is 5.32 Å². The number of benzene rings is 1. The lowest BCUT2D eigenvalue weighted by Gasteiger charge is -2.44. The lowest BCUT2D eigenvalue weighted by atomic mass is 9.71. The summed E-state index contributed by atoms with van der Waals surface area (Å²) in [5.74, 6) is 0. The van der Waals surface area contributed by atoms with Crippen molar-refractivity contribution in [3.8, 4) is 0 Å². The van der Waals surface area contributed by atoms with E-state index < -0.39 is 0 Å². The molecule has 1 saturated carbocycles. The third-order valence-electron chi connectivity index (χ3n) is 4.75. The Morgan fingerprint density at radius 3 is 2.42 bits per heavy atom. The van der Waals surface area contributed by atoms with Crippen molar-refractivity contribution in [3.05, 3.63) is 42.0 Å². The van der Waals surface area contributed by atoms with Gasteiger partial charge in [-0.05, 0) is 56.7 Å². The van der Waals surface area contributed by atoms with Crippen LogP contribution in [0.15, 0.2) is 36.4 Å². The molecule has 2 heteroatoms. The molecular formula is C17H24N2. The lowest BCUT2D eigenvalue weighted by molar-refractivity contribution is 0.212. The molecule has 1 aromatic carbocycles. The standard InChI is InChI=1S/C17H24N2/c1-16(18)8-10-17(11-9-16)13-15(7-12-19-17)14-5-3-2-4-6-14/h2-6,13,19H,7-12,18H2,1H3. The monoisotopic (exact) mass is 256 g/mol. The van der Waals surface area contributed by atoms with E-state index in [0.29, 0.717) is 0 Å². The fraction of sp³-hybridized carbons (Fsp3) is 0.529. The molecule has 0 saturated heterocycles. The first kappa shape index (κ1) is 12.9. The smallest absolute Gasteiger partial charge is 0.0371 e. The maximum atomic E-state index is 6.27. The zero-order valence-corrected chi connectivity index (χ0v) is 11.8. The molecule has 2 nitrogen and oxygen atoms in total. The van der Waals surface area contributed by atoms with Crippen LogP contribution in [0.25, 0.3) is 5.57 Å². The van der Waals surface area contributed by atoms with Crippen LogP contribution in [0, 0.1) is 0 Å². The molecule has 1 aromatic rings. The predicted octanol–water partition coefficient (Wildman–Crippen LogP) is 3.09. The number of hydrogen-bond donors (Lipinski definition) is 2. The van der Waals surface area contributed by atoms with Gasteiger partial charge in [-0.2, -0.15) is 0 Å². The van der Waals surface area contributed by atoms with Crippen LogP contribution < -0.4 is 11.1 Å². The summed E-state index contributed by atoms with van der Waals surface area (Å²) in [5, 5.41) is 3.74. The van der Waals surface area contributed by atoms with E-state index in [1.807, 2.05) is 0 Å².